The molecule has 0 spiro atoms. The number of hydrogen-bond acceptors (Lipinski definition) is 0. The van der Waals surface area contributed by atoms with Crippen LogP contribution in [-0.2, 0) is 6.42 Å². The van der Waals surface area contributed by atoms with Crippen LogP contribution in [0, 0.1) is 35.2 Å². The summed E-state index contributed by atoms with van der Waals surface area (Å²) in [4.78, 5) is 0. The lowest BCUT2D eigenvalue weighted by molar-refractivity contribution is 0.163. The second-order valence-corrected chi connectivity index (χ2v) is 9.17. The largest absolute Gasteiger partial charge is 0.204 e. The highest BCUT2D eigenvalue weighted by Gasteiger charge is 2.28. The highest BCUT2D eigenvalue weighted by molar-refractivity contribution is 5.63. The maximum absolute atomic E-state index is 13.5. The van der Waals surface area contributed by atoms with E-state index >= 15 is 0 Å². The van der Waals surface area contributed by atoms with Crippen molar-refractivity contribution in [2.75, 3.05) is 0 Å². The summed E-state index contributed by atoms with van der Waals surface area (Å²) in [5.74, 6) is -0.903. The average molecular weight is 401 g/mol. The molecular weight excluding hydrogens is 369 g/mol. The van der Waals surface area contributed by atoms with Crippen molar-refractivity contribution in [3.05, 3.63) is 59.4 Å². The fraction of sp³-hybridized carbons (Fsp3) is 0.538. The molecule has 0 aromatic heterocycles. The van der Waals surface area contributed by atoms with Gasteiger partial charge in [-0.2, -0.15) is 0 Å². The molecular formula is C26H31F3. The van der Waals surface area contributed by atoms with Gasteiger partial charge >= 0.3 is 0 Å². The molecule has 0 N–H and O–H groups in total. The van der Waals surface area contributed by atoms with E-state index < -0.39 is 17.5 Å². The third-order valence-corrected chi connectivity index (χ3v) is 7.32. The van der Waals surface area contributed by atoms with E-state index in [9.17, 15) is 13.2 Å². The number of aryl methyl sites for hydroxylation is 1. The third-order valence-electron chi connectivity index (χ3n) is 7.32. The van der Waals surface area contributed by atoms with Crippen molar-refractivity contribution in [2.24, 2.45) is 17.8 Å². The maximum Gasteiger partial charge on any atom is 0.194 e. The van der Waals surface area contributed by atoms with Gasteiger partial charge in [-0.25, -0.2) is 13.2 Å². The first-order chi connectivity index (χ1) is 14.1. The Kier molecular flexibility index (Phi) is 6.62. The first kappa shape index (κ1) is 20.5. The zero-order chi connectivity index (χ0) is 20.2. The van der Waals surface area contributed by atoms with Gasteiger partial charge < -0.3 is 0 Å². The summed E-state index contributed by atoms with van der Waals surface area (Å²) in [6, 6.07) is 9.92. The van der Waals surface area contributed by atoms with E-state index in [1.54, 1.807) is 0 Å². The van der Waals surface area contributed by atoms with Gasteiger partial charge in [0, 0.05) is 0 Å². The molecule has 2 fully saturated rings. The maximum atomic E-state index is 13.5. The molecule has 0 nitrogen and oxygen atoms in total. The summed E-state index contributed by atoms with van der Waals surface area (Å²) in [5, 5.41) is 0. The van der Waals surface area contributed by atoms with E-state index in [-0.39, 0.29) is 0 Å². The Hall–Kier alpha value is -1.77. The van der Waals surface area contributed by atoms with Crippen molar-refractivity contribution in [1.29, 1.82) is 0 Å². The Labute approximate surface area is 172 Å². The summed E-state index contributed by atoms with van der Waals surface area (Å²) in [7, 11) is 0. The molecule has 3 heteroatoms. The lowest BCUT2D eigenvalue weighted by Crippen LogP contribution is -2.23. The quantitative estimate of drug-likeness (QED) is 0.445. The van der Waals surface area contributed by atoms with Crippen LogP contribution in [0.3, 0.4) is 0 Å². The van der Waals surface area contributed by atoms with E-state index in [0.29, 0.717) is 11.1 Å². The molecule has 2 saturated carbocycles. The lowest BCUT2D eigenvalue weighted by Gasteiger charge is -2.36. The second-order valence-electron chi connectivity index (χ2n) is 9.17. The van der Waals surface area contributed by atoms with Gasteiger partial charge in [-0.15, -0.1) is 0 Å². The van der Waals surface area contributed by atoms with Crippen molar-refractivity contribution in [3.8, 4) is 11.1 Å². The highest BCUT2D eigenvalue weighted by atomic mass is 19.2. The minimum absolute atomic E-state index is 0.369. The van der Waals surface area contributed by atoms with Gasteiger partial charge in [-0.1, -0.05) is 69.2 Å². The molecule has 2 aromatic rings. The fourth-order valence-electron chi connectivity index (χ4n) is 5.51. The molecule has 0 atom stereocenters. The van der Waals surface area contributed by atoms with Gasteiger partial charge in [0.25, 0.3) is 0 Å². The predicted octanol–water partition coefficient (Wildman–Crippen LogP) is 8.09. The molecule has 0 aliphatic heterocycles. The van der Waals surface area contributed by atoms with E-state index in [1.807, 2.05) is 24.3 Å². The van der Waals surface area contributed by atoms with E-state index in [4.69, 9.17) is 0 Å². The zero-order valence-corrected chi connectivity index (χ0v) is 17.1. The summed E-state index contributed by atoms with van der Waals surface area (Å²) in [6.07, 6.45) is 15.1. The topological polar surface area (TPSA) is 0 Å². The van der Waals surface area contributed by atoms with E-state index in [0.717, 1.165) is 36.3 Å². The lowest BCUT2D eigenvalue weighted by atomic mass is 9.70. The van der Waals surface area contributed by atoms with Gasteiger partial charge in [0.15, 0.2) is 17.5 Å². The third kappa shape index (κ3) is 5.05. The van der Waals surface area contributed by atoms with Gasteiger partial charge in [0.1, 0.15) is 0 Å². The Morgan fingerprint density at radius 3 is 1.86 bits per heavy atom. The molecule has 0 heterocycles. The molecule has 0 radical (unpaired) electrons. The predicted molar refractivity (Wildman–Crippen MR) is 112 cm³/mol. The average Bonchev–Trinajstić information content (AvgIpc) is 2.77. The molecule has 0 unspecified atom stereocenters. The molecule has 0 bridgehead atoms. The SMILES string of the molecule is Fc1cc(-c2ccc(CCC3CCC(C4CCCCC4)CC3)cc2)cc(F)c1F. The van der Waals surface area contributed by atoms with Crippen LogP contribution in [0.2, 0.25) is 0 Å². The molecule has 29 heavy (non-hydrogen) atoms. The number of hydrogen-bond donors (Lipinski definition) is 0. The fourth-order valence-corrected chi connectivity index (χ4v) is 5.51. The van der Waals surface area contributed by atoms with Crippen LogP contribution in [0.15, 0.2) is 36.4 Å². The van der Waals surface area contributed by atoms with Gasteiger partial charge in [-0.05, 0) is 72.3 Å². The molecule has 0 saturated heterocycles. The zero-order valence-electron chi connectivity index (χ0n) is 17.1. The van der Waals surface area contributed by atoms with Crippen LogP contribution in [-0.4, -0.2) is 0 Å². The summed E-state index contributed by atoms with van der Waals surface area (Å²) < 4.78 is 40.1. The van der Waals surface area contributed by atoms with Crippen LogP contribution >= 0.6 is 0 Å². The minimum Gasteiger partial charge on any atom is -0.204 e. The highest BCUT2D eigenvalue weighted by Crippen LogP contribution is 2.41. The van der Waals surface area contributed by atoms with Crippen molar-refractivity contribution in [2.45, 2.75) is 70.6 Å². The second kappa shape index (κ2) is 9.36. The van der Waals surface area contributed by atoms with Gasteiger partial charge in [0.2, 0.25) is 0 Å². The minimum atomic E-state index is -1.41. The van der Waals surface area contributed by atoms with Crippen LogP contribution < -0.4 is 0 Å². The number of rotatable bonds is 5. The smallest absolute Gasteiger partial charge is 0.194 e. The standard InChI is InChI=1S/C26H31F3/c27-24-16-23(17-25(28)26(24)29)22-14-10-19(11-15-22)7-6-18-8-12-21(13-9-18)20-4-2-1-3-5-20/h10-11,14-18,20-21H,1-9,12-13H2. The van der Waals surface area contributed by atoms with E-state index in [1.165, 1.54) is 69.8 Å². The van der Waals surface area contributed by atoms with Crippen molar-refractivity contribution >= 4 is 0 Å². The molecule has 2 aromatic carbocycles. The molecule has 156 valence electrons. The van der Waals surface area contributed by atoms with Crippen molar-refractivity contribution in [1.82, 2.24) is 0 Å². The summed E-state index contributed by atoms with van der Waals surface area (Å²) in [5.41, 5.74) is 2.33. The molecule has 2 aliphatic carbocycles. The Bertz CT molecular complexity index is 774. The Morgan fingerprint density at radius 1 is 0.655 bits per heavy atom. The monoisotopic (exact) mass is 400 g/mol. The molecule has 2 aliphatic rings. The molecule has 4 rings (SSSR count). The normalized spacial score (nSPS) is 23.3. The first-order valence-corrected chi connectivity index (χ1v) is 11.3. The number of halogens is 3. The summed E-state index contributed by atoms with van der Waals surface area (Å²) >= 11 is 0. The van der Waals surface area contributed by atoms with Crippen molar-refractivity contribution in [3.63, 3.8) is 0 Å². The van der Waals surface area contributed by atoms with Crippen LogP contribution in [0.5, 0.6) is 0 Å². The summed E-state index contributed by atoms with van der Waals surface area (Å²) in [6.45, 7) is 0. The first-order valence-electron chi connectivity index (χ1n) is 11.3. The van der Waals surface area contributed by atoms with Crippen LogP contribution in [0.4, 0.5) is 13.2 Å². The number of benzene rings is 2. The van der Waals surface area contributed by atoms with E-state index in [2.05, 4.69) is 0 Å². The molecule has 0 amide bonds. The van der Waals surface area contributed by atoms with Crippen LogP contribution in [0.25, 0.3) is 11.1 Å². The van der Waals surface area contributed by atoms with Crippen LogP contribution in [0.1, 0.15) is 69.8 Å². The van der Waals surface area contributed by atoms with Gasteiger partial charge in [-0.3, -0.25) is 0 Å². The Balaban J connectivity index is 1.28. The Morgan fingerprint density at radius 2 is 1.24 bits per heavy atom. The van der Waals surface area contributed by atoms with Crippen molar-refractivity contribution < 1.29 is 13.2 Å². The van der Waals surface area contributed by atoms with Gasteiger partial charge in [0.05, 0.1) is 0 Å².